The first-order chi connectivity index (χ1) is 17.0. The first-order valence-corrected chi connectivity index (χ1v) is 12.8. The zero-order valence-electron chi connectivity index (χ0n) is 19.9. The monoisotopic (exact) mass is 515 g/mol. The number of anilines is 3. The fraction of sp³-hybridized carbons (Fsp3) is 0.0909. The van der Waals surface area contributed by atoms with Crippen molar-refractivity contribution >= 4 is 33.0 Å². The maximum Gasteiger partial charge on any atom is 0.0465 e. The quantitative estimate of drug-likeness (QED) is 0.230. The van der Waals surface area contributed by atoms with Crippen LogP contribution in [0.25, 0.3) is 22.3 Å². The number of hydrogen-bond donors (Lipinski definition) is 0. The predicted octanol–water partition coefficient (Wildman–Crippen LogP) is 9.89. The van der Waals surface area contributed by atoms with Gasteiger partial charge in [0.05, 0.1) is 0 Å². The maximum atomic E-state index is 3.60. The van der Waals surface area contributed by atoms with Crippen LogP contribution in [0.5, 0.6) is 0 Å². The number of rotatable bonds is 4. The normalized spacial score (nSPS) is 13.2. The molecule has 0 fully saturated rings. The van der Waals surface area contributed by atoms with Crippen molar-refractivity contribution in [1.29, 1.82) is 0 Å². The Hall–Kier alpha value is -3.62. The van der Waals surface area contributed by atoms with Crippen LogP contribution in [0.4, 0.5) is 17.1 Å². The molecule has 0 unspecified atom stereocenters. The van der Waals surface area contributed by atoms with E-state index < -0.39 is 0 Å². The molecule has 1 aliphatic rings. The van der Waals surface area contributed by atoms with Crippen LogP contribution in [0, 0.1) is 0 Å². The van der Waals surface area contributed by atoms with Gasteiger partial charge in [-0.15, -0.1) is 0 Å². The Morgan fingerprint density at radius 2 is 1.06 bits per heavy atom. The number of halogens is 1. The van der Waals surface area contributed by atoms with Gasteiger partial charge < -0.3 is 4.90 Å². The van der Waals surface area contributed by atoms with E-state index >= 15 is 0 Å². The summed E-state index contributed by atoms with van der Waals surface area (Å²) in [5.41, 5.74) is 11.3. The summed E-state index contributed by atoms with van der Waals surface area (Å²) in [6.45, 7) is 4.67. The summed E-state index contributed by atoms with van der Waals surface area (Å²) in [4.78, 5) is 2.35. The molecule has 0 saturated carbocycles. The lowest BCUT2D eigenvalue weighted by Crippen LogP contribution is -2.16. The first kappa shape index (κ1) is 21.9. The molecule has 0 saturated heterocycles. The molecule has 0 atom stereocenters. The maximum absolute atomic E-state index is 3.60. The van der Waals surface area contributed by atoms with E-state index in [1.807, 2.05) is 0 Å². The zero-order valence-corrected chi connectivity index (χ0v) is 21.5. The van der Waals surface area contributed by atoms with Crippen LogP contribution >= 0.6 is 15.9 Å². The van der Waals surface area contributed by atoms with Gasteiger partial charge in [0.25, 0.3) is 0 Å². The van der Waals surface area contributed by atoms with Crippen molar-refractivity contribution in [2.24, 2.45) is 0 Å². The van der Waals surface area contributed by atoms with Crippen molar-refractivity contribution < 1.29 is 0 Å². The van der Waals surface area contributed by atoms with Gasteiger partial charge in [-0.3, -0.25) is 0 Å². The van der Waals surface area contributed by atoms with Gasteiger partial charge in [0, 0.05) is 26.9 Å². The van der Waals surface area contributed by atoms with E-state index in [0.29, 0.717) is 0 Å². The van der Waals surface area contributed by atoms with Crippen molar-refractivity contribution in [3.63, 3.8) is 0 Å². The fourth-order valence-corrected chi connectivity index (χ4v) is 5.57. The average molecular weight is 516 g/mol. The topological polar surface area (TPSA) is 3.24 Å². The summed E-state index contributed by atoms with van der Waals surface area (Å²) >= 11 is 3.60. The first-order valence-electron chi connectivity index (χ1n) is 12.0. The summed E-state index contributed by atoms with van der Waals surface area (Å²) in [6, 6.07) is 43.7. The van der Waals surface area contributed by atoms with E-state index in [0.717, 1.165) is 15.8 Å². The van der Waals surface area contributed by atoms with E-state index in [9.17, 15) is 0 Å². The molecule has 5 aromatic rings. The van der Waals surface area contributed by atoms with Crippen LogP contribution in [0.15, 0.2) is 126 Å². The molecule has 0 aromatic heterocycles. The highest BCUT2D eigenvalue weighted by atomic mass is 79.9. The molecular formula is C33H26BrN. The molecule has 170 valence electrons. The molecule has 0 amide bonds. The lowest BCUT2D eigenvalue weighted by Gasteiger charge is -2.28. The second-order valence-corrected chi connectivity index (χ2v) is 10.5. The molecule has 0 spiro atoms. The van der Waals surface area contributed by atoms with E-state index in [2.05, 4.69) is 156 Å². The van der Waals surface area contributed by atoms with Crippen LogP contribution in [-0.2, 0) is 5.41 Å². The van der Waals surface area contributed by atoms with Gasteiger partial charge in [-0.25, -0.2) is 0 Å². The second-order valence-electron chi connectivity index (χ2n) is 9.63. The molecule has 0 bridgehead atoms. The van der Waals surface area contributed by atoms with Gasteiger partial charge in [0.1, 0.15) is 0 Å². The van der Waals surface area contributed by atoms with Crippen molar-refractivity contribution in [2.45, 2.75) is 19.3 Å². The number of nitrogens with zero attached hydrogens (tertiary/aromatic N) is 1. The summed E-state index contributed by atoms with van der Waals surface area (Å²) in [6.07, 6.45) is 0. The van der Waals surface area contributed by atoms with E-state index in [-0.39, 0.29) is 5.41 Å². The highest BCUT2D eigenvalue weighted by molar-refractivity contribution is 9.10. The highest BCUT2D eigenvalue weighted by Crippen LogP contribution is 2.50. The Balaban J connectivity index is 1.47. The molecular weight excluding hydrogens is 490 g/mol. The summed E-state index contributed by atoms with van der Waals surface area (Å²) in [5, 5.41) is 0. The zero-order chi connectivity index (χ0) is 24.0. The van der Waals surface area contributed by atoms with Gasteiger partial charge in [0.2, 0.25) is 0 Å². The van der Waals surface area contributed by atoms with Crippen molar-refractivity contribution in [3.8, 4) is 22.3 Å². The molecule has 1 aliphatic carbocycles. The van der Waals surface area contributed by atoms with Crippen LogP contribution in [0.1, 0.15) is 25.0 Å². The fourth-order valence-electron chi connectivity index (χ4n) is 5.30. The third-order valence-corrected chi connectivity index (χ3v) is 7.67. The van der Waals surface area contributed by atoms with Crippen molar-refractivity contribution in [2.75, 3.05) is 4.90 Å². The minimum atomic E-state index is -0.0372. The van der Waals surface area contributed by atoms with Crippen LogP contribution < -0.4 is 4.90 Å². The Morgan fingerprint density at radius 1 is 0.514 bits per heavy atom. The molecule has 0 aliphatic heterocycles. The predicted molar refractivity (Wildman–Crippen MR) is 152 cm³/mol. The van der Waals surface area contributed by atoms with Crippen LogP contribution in [-0.4, -0.2) is 0 Å². The van der Waals surface area contributed by atoms with Gasteiger partial charge >= 0.3 is 0 Å². The minimum Gasteiger partial charge on any atom is -0.310 e. The Labute approximate surface area is 215 Å². The average Bonchev–Trinajstić information content (AvgIpc) is 3.13. The standard InChI is InChI=1S/C33H26BrN/c1-33(2)31-11-7-6-10-29(31)30-21-20-28(22-32(30)33)35(27-18-14-25(34)15-19-27)26-16-12-24(13-17-26)23-8-4-3-5-9-23/h3-22H,1-2H3. The molecule has 35 heavy (non-hydrogen) atoms. The van der Waals surface area contributed by atoms with Gasteiger partial charge in [-0.1, -0.05) is 103 Å². The molecule has 6 rings (SSSR count). The van der Waals surface area contributed by atoms with Crippen molar-refractivity contribution in [1.82, 2.24) is 0 Å². The highest BCUT2D eigenvalue weighted by Gasteiger charge is 2.35. The summed E-state index contributed by atoms with van der Waals surface area (Å²) < 4.78 is 1.08. The SMILES string of the molecule is CC1(C)c2ccccc2-c2ccc(N(c3ccc(Br)cc3)c3ccc(-c4ccccc4)cc3)cc21. The summed E-state index contributed by atoms with van der Waals surface area (Å²) in [7, 11) is 0. The van der Waals surface area contributed by atoms with Crippen LogP contribution in [0.2, 0.25) is 0 Å². The Kier molecular flexibility index (Phi) is 5.35. The smallest absolute Gasteiger partial charge is 0.0465 e. The number of hydrogen-bond acceptors (Lipinski definition) is 1. The second kappa shape index (κ2) is 8.55. The molecule has 5 aromatic carbocycles. The Morgan fingerprint density at radius 3 is 1.77 bits per heavy atom. The van der Waals surface area contributed by atoms with E-state index in [1.165, 1.54) is 39.1 Å². The van der Waals surface area contributed by atoms with Gasteiger partial charge in [-0.05, 0) is 81.9 Å². The lowest BCUT2D eigenvalue weighted by atomic mass is 9.82. The largest absolute Gasteiger partial charge is 0.310 e. The summed E-state index contributed by atoms with van der Waals surface area (Å²) in [5.74, 6) is 0. The van der Waals surface area contributed by atoms with E-state index in [4.69, 9.17) is 0 Å². The van der Waals surface area contributed by atoms with E-state index in [1.54, 1.807) is 0 Å². The molecule has 2 heteroatoms. The molecule has 0 heterocycles. The molecule has 0 radical (unpaired) electrons. The Bertz CT molecular complexity index is 1500. The third kappa shape index (κ3) is 3.79. The van der Waals surface area contributed by atoms with Gasteiger partial charge in [-0.2, -0.15) is 0 Å². The number of benzene rings is 5. The van der Waals surface area contributed by atoms with Crippen LogP contribution in [0.3, 0.4) is 0 Å². The molecule has 1 nitrogen and oxygen atoms in total. The number of fused-ring (bicyclic) bond motifs is 3. The van der Waals surface area contributed by atoms with Crippen molar-refractivity contribution in [3.05, 3.63) is 137 Å². The van der Waals surface area contributed by atoms with Gasteiger partial charge in [0.15, 0.2) is 0 Å². The third-order valence-electron chi connectivity index (χ3n) is 7.14. The minimum absolute atomic E-state index is 0.0372. The lowest BCUT2D eigenvalue weighted by molar-refractivity contribution is 0.660. The molecule has 0 N–H and O–H groups in total.